The molecule has 2 unspecified atom stereocenters. The Morgan fingerprint density at radius 2 is 1.93 bits per heavy atom. The molecule has 7 nitrogen and oxygen atoms in total. The van der Waals surface area contributed by atoms with E-state index in [0.29, 0.717) is 24.3 Å². The van der Waals surface area contributed by atoms with Crippen LogP contribution in [0.4, 0.5) is 18.0 Å². The van der Waals surface area contributed by atoms with Gasteiger partial charge in [-0.1, -0.05) is 12.1 Å². The number of alkyl halides is 3. The van der Waals surface area contributed by atoms with Gasteiger partial charge in [0.25, 0.3) is 0 Å². The van der Waals surface area contributed by atoms with Crippen LogP contribution in [-0.2, 0) is 0 Å². The Labute approximate surface area is 154 Å². The zero-order valence-electron chi connectivity index (χ0n) is 14.5. The van der Waals surface area contributed by atoms with Gasteiger partial charge in [0, 0.05) is 25.7 Å². The fourth-order valence-corrected chi connectivity index (χ4v) is 3.13. The number of ether oxygens (including phenoxy) is 2. The summed E-state index contributed by atoms with van der Waals surface area (Å²) in [6.07, 6.45) is -5.03. The number of halogens is 3. The molecule has 0 aromatic heterocycles. The van der Waals surface area contributed by atoms with Gasteiger partial charge in [-0.2, -0.15) is 13.2 Å². The first-order chi connectivity index (χ1) is 12.8. The smallest absolute Gasteiger partial charge is 0.485 e. The average Bonchev–Trinajstić information content (AvgIpc) is 2.64. The molecule has 0 saturated carbocycles. The van der Waals surface area contributed by atoms with Crippen molar-refractivity contribution in [3.05, 3.63) is 24.3 Å². The Bertz CT molecular complexity index is 651. The van der Waals surface area contributed by atoms with Gasteiger partial charge in [0.1, 0.15) is 12.7 Å². The van der Waals surface area contributed by atoms with E-state index in [0.717, 1.165) is 10.2 Å². The Kier molecular flexibility index (Phi) is 5.95. The maximum absolute atomic E-state index is 12.2. The molecule has 1 aromatic rings. The van der Waals surface area contributed by atoms with Gasteiger partial charge in [0.05, 0.1) is 0 Å². The molecule has 2 amide bonds. The van der Waals surface area contributed by atoms with Gasteiger partial charge < -0.3 is 24.8 Å². The predicted octanol–water partition coefficient (Wildman–Crippen LogP) is 1.47. The number of aliphatic hydroxyl groups excluding tert-OH is 1. The first-order valence-electron chi connectivity index (χ1n) is 8.75. The second kappa shape index (κ2) is 8.22. The number of amides is 2. The van der Waals surface area contributed by atoms with E-state index in [1.165, 1.54) is 0 Å². The second-order valence-corrected chi connectivity index (χ2v) is 6.58. The number of nitrogens with one attached hydrogen (secondary N) is 2. The van der Waals surface area contributed by atoms with Crippen LogP contribution in [0.1, 0.15) is 12.8 Å². The average molecular weight is 389 g/mol. The highest BCUT2D eigenvalue weighted by atomic mass is 19.4. The minimum absolute atomic E-state index is 0.00591. The second-order valence-electron chi connectivity index (χ2n) is 6.58. The quantitative estimate of drug-likeness (QED) is 0.680. The third kappa shape index (κ3) is 5.39. The maximum Gasteiger partial charge on any atom is 0.485 e. The molecule has 10 heteroatoms. The largest absolute Gasteiger partial charge is 0.486 e. The first kappa shape index (κ1) is 19.6. The zero-order chi connectivity index (χ0) is 19.4. The molecule has 0 bridgehead atoms. The number of benzene rings is 1. The molecular formula is C17H22F3N3O4. The van der Waals surface area contributed by atoms with Crippen LogP contribution < -0.4 is 20.1 Å². The van der Waals surface area contributed by atoms with Crippen molar-refractivity contribution < 1.29 is 32.5 Å². The van der Waals surface area contributed by atoms with E-state index in [1.807, 2.05) is 12.1 Å². The molecule has 3 rings (SSSR count). The van der Waals surface area contributed by atoms with E-state index < -0.39 is 24.5 Å². The lowest BCUT2D eigenvalue weighted by Crippen LogP contribution is -2.53. The first-order valence-corrected chi connectivity index (χ1v) is 8.75. The number of carbonyl (C=O) groups excluding carboxylic acids is 1. The van der Waals surface area contributed by atoms with Crippen LogP contribution in [0.25, 0.3) is 0 Å². The highest BCUT2D eigenvalue weighted by Crippen LogP contribution is 2.31. The van der Waals surface area contributed by atoms with Crippen LogP contribution in [0.5, 0.6) is 11.5 Å². The van der Waals surface area contributed by atoms with Crippen molar-refractivity contribution in [2.45, 2.75) is 37.4 Å². The summed E-state index contributed by atoms with van der Waals surface area (Å²) in [6.45, 7) is 0.920. The third-order valence-electron chi connectivity index (χ3n) is 4.61. The molecule has 2 heterocycles. The number of piperidine rings is 1. The number of fused-ring (bicyclic) bond motifs is 1. The summed E-state index contributed by atoms with van der Waals surface area (Å²) in [6, 6.07) is 6.08. The van der Waals surface area contributed by atoms with Gasteiger partial charge in [-0.3, -0.25) is 0 Å². The highest BCUT2D eigenvalue weighted by Gasteiger charge is 2.34. The van der Waals surface area contributed by atoms with E-state index in [1.54, 1.807) is 12.1 Å². The van der Waals surface area contributed by atoms with E-state index in [4.69, 9.17) is 9.47 Å². The van der Waals surface area contributed by atoms with Gasteiger partial charge >= 0.3 is 12.3 Å². The summed E-state index contributed by atoms with van der Waals surface area (Å²) in [7, 11) is 0. The Morgan fingerprint density at radius 1 is 1.26 bits per heavy atom. The minimum atomic E-state index is -4.73. The van der Waals surface area contributed by atoms with Gasteiger partial charge in [-0.25, -0.2) is 10.1 Å². The zero-order valence-corrected chi connectivity index (χ0v) is 14.5. The molecule has 3 N–H and O–H groups in total. The summed E-state index contributed by atoms with van der Waals surface area (Å²) in [5.74, 6) is 1.22. The molecule has 2 aliphatic rings. The molecule has 1 saturated heterocycles. The number of para-hydroxylation sites is 2. The number of hydrogen-bond donors (Lipinski definition) is 3. The Hall–Kier alpha value is -2.20. The van der Waals surface area contributed by atoms with Crippen LogP contribution in [-0.4, -0.2) is 66.8 Å². The molecule has 0 aliphatic carbocycles. The van der Waals surface area contributed by atoms with Crippen LogP contribution in [0.3, 0.4) is 0 Å². The molecule has 2 atom stereocenters. The summed E-state index contributed by atoms with van der Waals surface area (Å²) in [4.78, 5) is 12.6. The summed E-state index contributed by atoms with van der Waals surface area (Å²) >= 11 is 0. The fourth-order valence-electron chi connectivity index (χ4n) is 3.13. The number of rotatable bonds is 4. The van der Waals surface area contributed by atoms with Crippen molar-refractivity contribution in [2.75, 3.05) is 26.2 Å². The monoisotopic (exact) mass is 389 g/mol. The van der Waals surface area contributed by atoms with Crippen LogP contribution in [0.15, 0.2) is 24.3 Å². The van der Waals surface area contributed by atoms with Crippen molar-refractivity contribution in [2.24, 2.45) is 0 Å². The van der Waals surface area contributed by atoms with E-state index in [-0.39, 0.29) is 32.3 Å². The molecule has 2 aliphatic heterocycles. The fraction of sp³-hybridized carbons (Fsp3) is 0.588. The summed E-state index contributed by atoms with van der Waals surface area (Å²) in [5, 5.41) is 14.5. The van der Waals surface area contributed by atoms with Crippen molar-refractivity contribution >= 4 is 6.03 Å². The number of carbonyl (C=O) groups is 1. The van der Waals surface area contributed by atoms with E-state index in [9.17, 15) is 23.1 Å². The topological polar surface area (TPSA) is 83.1 Å². The lowest BCUT2D eigenvalue weighted by Gasteiger charge is -2.34. The Balaban J connectivity index is 1.39. The number of hydrogen-bond acceptors (Lipinski definition) is 5. The minimum Gasteiger partial charge on any atom is -0.486 e. The number of nitrogens with zero attached hydrogens (tertiary/aromatic N) is 1. The Morgan fingerprint density at radius 3 is 2.59 bits per heavy atom. The highest BCUT2D eigenvalue weighted by molar-refractivity contribution is 5.74. The molecule has 1 fully saturated rings. The summed E-state index contributed by atoms with van der Waals surface area (Å²) < 4.78 is 47.9. The van der Waals surface area contributed by atoms with E-state index >= 15 is 0 Å². The number of likely N-dealkylation sites (tertiary alicyclic amines) is 1. The molecule has 0 radical (unpaired) electrons. The molecule has 27 heavy (non-hydrogen) atoms. The SMILES string of the molecule is O=C(NC(F)(F)F)N1CCC(NCC(O)C2COc3ccccc3O2)CC1. The number of urea groups is 1. The lowest BCUT2D eigenvalue weighted by atomic mass is 10.0. The van der Waals surface area contributed by atoms with Crippen molar-refractivity contribution in [3.8, 4) is 11.5 Å². The lowest BCUT2D eigenvalue weighted by molar-refractivity contribution is -0.147. The molecule has 1 aromatic carbocycles. The van der Waals surface area contributed by atoms with Gasteiger partial charge in [-0.15, -0.1) is 0 Å². The maximum atomic E-state index is 12.2. The van der Waals surface area contributed by atoms with Crippen molar-refractivity contribution in [3.63, 3.8) is 0 Å². The summed E-state index contributed by atoms with van der Waals surface area (Å²) in [5.41, 5.74) is 0. The molecule has 0 spiro atoms. The predicted molar refractivity (Wildman–Crippen MR) is 89.5 cm³/mol. The standard InChI is InChI=1S/C17H22F3N3O4/c18-17(19,20)22-16(25)23-7-5-11(6-8-23)21-9-12(24)15-10-26-13-3-1-2-4-14(13)27-15/h1-4,11-12,15,21,24H,5-10H2,(H,22,25). The normalized spacial score (nSPS) is 21.6. The van der Waals surface area contributed by atoms with Crippen molar-refractivity contribution in [1.29, 1.82) is 0 Å². The van der Waals surface area contributed by atoms with Crippen LogP contribution >= 0.6 is 0 Å². The van der Waals surface area contributed by atoms with Gasteiger partial charge in [0.2, 0.25) is 0 Å². The van der Waals surface area contributed by atoms with Crippen LogP contribution in [0, 0.1) is 0 Å². The molecular weight excluding hydrogens is 367 g/mol. The van der Waals surface area contributed by atoms with E-state index in [2.05, 4.69) is 5.32 Å². The van der Waals surface area contributed by atoms with Crippen LogP contribution in [0.2, 0.25) is 0 Å². The van der Waals surface area contributed by atoms with Gasteiger partial charge in [-0.05, 0) is 25.0 Å². The third-order valence-corrected chi connectivity index (χ3v) is 4.61. The van der Waals surface area contributed by atoms with Gasteiger partial charge in [0.15, 0.2) is 17.6 Å². The number of aliphatic hydroxyl groups is 1. The molecule has 150 valence electrons. The van der Waals surface area contributed by atoms with Crippen molar-refractivity contribution in [1.82, 2.24) is 15.5 Å².